The summed E-state index contributed by atoms with van der Waals surface area (Å²) >= 11 is 0. The number of hydrogen-bond donors (Lipinski definition) is 1. The lowest BCUT2D eigenvalue weighted by Crippen LogP contribution is -2.20. The van der Waals surface area contributed by atoms with Crippen LogP contribution in [0.2, 0.25) is 0 Å². The molecule has 0 aliphatic heterocycles. The van der Waals surface area contributed by atoms with E-state index < -0.39 is 5.91 Å². The predicted octanol–water partition coefficient (Wildman–Crippen LogP) is 2.38. The fourth-order valence-electron chi connectivity index (χ4n) is 1.90. The number of carbonyl (C=O) groups is 1. The van der Waals surface area contributed by atoms with Crippen LogP contribution in [0.25, 0.3) is 0 Å². The molecule has 0 fully saturated rings. The van der Waals surface area contributed by atoms with E-state index in [2.05, 4.69) is 20.5 Å². The Morgan fingerprint density at radius 3 is 2.42 bits per heavy atom. The Morgan fingerprint density at radius 1 is 1.17 bits per heavy atom. The molecule has 1 heterocycles. The zero-order valence-corrected chi connectivity index (χ0v) is 14.1. The van der Waals surface area contributed by atoms with Crippen LogP contribution < -0.4 is 14.9 Å². The summed E-state index contributed by atoms with van der Waals surface area (Å²) in [5, 5.41) is 3.94. The van der Waals surface area contributed by atoms with Crippen LogP contribution in [0.1, 0.15) is 41.5 Å². The summed E-state index contributed by atoms with van der Waals surface area (Å²) in [6, 6.07) is 5.30. The van der Waals surface area contributed by atoms with E-state index in [1.165, 1.54) is 12.4 Å². The summed E-state index contributed by atoms with van der Waals surface area (Å²) in [6.07, 6.45) is 4.56. The number of ether oxygens (including phenoxy) is 2. The summed E-state index contributed by atoms with van der Waals surface area (Å²) in [4.78, 5) is 20.4. The maximum Gasteiger partial charge on any atom is 0.291 e. The normalized spacial score (nSPS) is 10.9. The van der Waals surface area contributed by atoms with Gasteiger partial charge in [-0.2, -0.15) is 5.10 Å². The Balaban J connectivity index is 2.08. The first-order chi connectivity index (χ1) is 11.5. The number of nitrogens with zero attached hydrogens (tertiary/aromatic N) is 3. The van der Waals surface area contributed by atoms with Gasteiger partial charge in [0.15, 0.2) is 0 Å². The number of methoxy groups -OCH3 is 2. The third kappa shape index (κ3) is 4.52. The predicted molar refractivity (Wildman–Crippen MR) is 90.7 cm³/mol. The molecule has 0 saturated heterocycles. The zero-order valence-electron chi connectivity index (χ0n) is 14.1. The van der Waals surface area contributed by atoms with Gasteiger partial charge in [-0.05, 0) is 18.1 Å². The zero-order chi connectivity index (χ0) is 17.5. The molecule has 0 saturated carbocycles. The monoisotopic (exact) mass is 328 g/mol. The molecule has 0 aliphatic carbocycles. The highest BCUT2D eigenvalue weighted by atomic mass is 16.5. The number of rotatable bonds is 6. The molecule has 1 N–H and O–H groups in total. The molecule has 7 nitrogen and oxygen atoms in total. The number of carbonyl (C=O) groups excluding carboxylic acids is 1. The summed E-state index contributed by atoms with van der Waals surface area (Å²) in [5.41, 5.74) is 4.14. The van der Waals surface area contributed by atoms with Crippen LogP contribution in [0.15, 0.2) is 35.7 Å². The largest absolute Gasteiger partial charge is 0.497 e. The molecule has 2 aromatic rings. The lowest BCUT2D eigenvalue weighted by molar-refractivity contribution is 0.0949. The number of amides is 1. The van der Waals surface area contributed by atoms with Gasteiger partial charge in [-0.1, -0.05) is 13.8 Å². The second-order valence-electron chi connectivity index (χ2n) is 5.33. The molecule has 0 aliphatic rings. The van der Waals surface area contributed by atoms with Crippen LogP contribution in [-0.2, 0) is 0 Å². The maximum atomic E-state index is 12.1. The van der Waals surface area contributed by atoms with Gasteiger partial charge in [0.05, 0.1) is 32.3 Å². The fraction of sp³-hybridized carbons (Fsp3) is 0.294. The Labute approximate surface area is 140 Å². The Bertz CT molecular complexity index is 722. The van der Waals surface area contributed by atoms with Crippen LogP contribution in [-0.4, -0.2) is 36.3 Å². The molecule has 24 heavy (non-hydrogen) atoms. The van der Waals surface area contributed by atoms with Crippen molar-refractivity contribution < 1.29 is 14.3 Å². The van der Waals surface area contributed by atoms with Crippen LogP contribution in [0, 0.1) is 0 Å². The quantitative estimate of drug-likeness (QED) is 0.650. The molecule has 0 radical (unpaired) electrons. The van der Waals surface area contributed by atoms with Crippen LogP contribution in [0.4, 0.5) is 0 Å². The van der Waals surface area contributed by atoms with Crippen molar-refractivity contribution in [3.63, 3.8) is 0 Å². The summed E-state index contributed by atoms with van der Waals surface area (Å²) in [5.74, 6) is 1.05. The van der Waals surface area contributed by atoms with E-state index in [1.54, 1.807) is 38.6 Å². The average Bonchev–Trinajstić information content (AvgIpc) is 2.61. The van der Waals surface area contributed by atoms with Crippen molar-refractivity contribution in [2.75, 3.05) is 14.2 Å². The van der Waals surface area contributed by atoms with Gasteiger partial charge in [-0.15, -0.1) is 0 Å². The maximum absolute atomic E-state index is 12.1. The molecular formula is C17H20N4O3. The van der Waals surface area contributed by atoms with E-state index in [1.807, 2.05) is 13.8 Å². The van der Waals surface area contributed by atoms with Gasteiger partial charge in [0.1, 0.15) is 17.2 Å². The van der Waals surface area contributed by atoms with Crippen LogP contribution >= 0.6 is 0 Å². The van der Waals surface area contributed by atoms with Gasteiger partial charge in [-0.25, -0.2) is 10.4 Å². The second-order valence-corrected chi connectivity index (χ2v) is 5.33. The number of aromatic nitrogens is 2. The van der Waals surface area contributed by atoms with Crippen molar-refractivity contribution in [2.45, 2.75) is 19.8 Å². The van der Waals surface area contributed by atoms with E-state index in [9.17, 15) is 4.79 Å². The van der Waals surface area contributed by atoms with E-state index >= 15 is 0 Å². The van der Waals surface area contributed by atoms with Gasteiger partial charge in [0.25, 0.3) is 5.91 Å². The van der Waals surface area contributed by atoms with Gasteiger partial charge >= 0.3 is 0 Å². The Hall–Kier alpha value is -2.96. The number of nitrogens with one attached hydrogen (secondary N) is 1. The van der Waals surface area contributed by atoms with Crippen LogP contribution in [0.5, 0.6) is 11.5 Å². The lowest BCUT2D eigenvalue weighted by Gasteiger charge is -2.06. The van der Waals surface area contributed by atoms with Gasteiger partial charge in [0.2, 0.25) is 0 Å². The Kier molecular flexibility index (Phi) is 5.83. The highest BCUT2D eigenvalue weighted by Gasteiger charge is 2.09. The molecule has 2 rings (SSSR count). The third-order valence-electron chi connectivity index (χ3n) is 3.23. The van der Waals surface area contributed by atoms with Crippen molar-refractivity contribution in [1.82, 2.24) is 15.4 Å². The molecule has 0 bridgehead atoms. The van der Waals surface area contributed by atoms with Crippen molar-refractivity contribution in [2.24, 2.45) is 5.10 Å². The first-order valence-corrected chi connectivity index (χ1v) is 7.42. The third-order valence-corrected chi connectivity index (χ3v) is 3.23. The van der Waals surface area contributed by atoms with E-state index in [0.29, 0.717) is 11.5 Å². The van der Waals surface area contributed by atoms with Crippen molar-refractivity contribution in [3.05, 3.63) is 47.5 Å². The molecule has 0 spiro atoms. The minimum absolute atomic E-state index is 0.193. The minimum Gasteiger partial charge on any atom is -0.497 e. The molecule has 7 heteroatoms. The van der Waals surface area contributed by atoms with E-state index in [0.717, 1.165) is 11.3 Å². The first kappa shape index (κ1) is 17.4. The van der Waals surface area contributed by atoms with Gasteiger partial charge in [0, 0.05) is 17.8 Å². The number of hydrazone groups is 1. The van der Waals surface area contributed by atoms with Crippen molar-refractivity contribution in [1.29, 1.82) is 0 Å². The van der Waals surface area contributed by atoms with Gasteiger partial charge in [-0.3, -0.25) is 9.78 Å². The summed E-state index contributed by atoms with van der Waals surface area (Å²) in [6.45, 7) is 3.97. The summed E-state index contributed by atoms with van der Waals surface area (Å²) < 4.78 is 10.4. The molecule has 0 atom stereocenters. The molecule has 1 aromatic carbocycles. The highest BCUT2D eigenvalue weighted by molar-refractivity contribution is 5.93. The smallest absolute Gasteiger partial charge is 0.291 e. The van der Waals surface area contributed by atoms with E-state index in [-0.39, 0.29) is 11.6 Å². The number of benzene rings is 1. The summed E-state index contributed by atoms with van der Waals surface area (Å²) in [7, 11) is 3.13. The topological polar surface area (TPSA) is 85.7 Å². The first-order valence-electron chi connectivity index (χ1n) is 7.42. The van der Waals surface area contributed by atoms with Crippen LogP contribution in [0.3, 0.4) is 0 Å². The molecule has 126 valence electrons. The SMILES string of the molecule is COc1cc(/C=N/NC(=O)c2cncc(C(C)C)n2)cc(OC)c1. The average molecular weight is 328 g/mol. The standard InChI is InChI=1S/C17H20N4O3/c1-11(2)15-9-18-10-16(20-15)17(22)21-19-8-12-5-13(23-3)7-14(6-12)24-4/h5-11H,1-4H3,(H,21,22)/b19-8+. The number of hydrogen-bond acceptors (Lipinski definition) is 6. The molecule has 1 aromatic heterocycles. The molecule has 1 amide bonds. The molecule has 0 unspecified atom stereocenters. The Morgan fingerprint density at radius 2 is 1.83 bits per heavy atom. The van der Waals surface area contributed by atoms with Crippen molar-refractivity contribution in [3.8, 4) is 11.5 Å². The second kappa shape index (κ2) is 8.05. The lowest BCUT2D eigenvalue weighted by atomic mass is 10.1. The highest BCUT2D eigenvalue weighted by Crippen LogP contribution is 2.21. The fourth-order valence-corrected chi connectivity index (χ4v) is 1.90. The minimum atomic E-state index is -0.420. The molecular weight excluding hydrogens is 308 g/mol. The van der Waals surface area contributed by atoms with E-state index in [4.69, 9.17) is 9.47 Å². The van der Waals surface area contributed by atoms with Crippen molar-refractivity contribution >= 4 is 12.1 Å². The van der Waals surface area contributed by atoms with Gasteiger partial charge < -0.3 is 9.47 Å².